The van der Waals surface area contributed by atoms with E-state index in [9.17, 15) is 9.18 Å². The van der Waals surface area contributed by atoms with E-state index in [0.717, 1.165) is 12.8 Å². The van der Waals surface area contributed by atoms with E-state index >= 15 is 0 Å². The molecule has 0 saturated heterocycles. The van der Waals surface area contributed by atoms with Gasteiger partial charge in [0, 0.05) is 11.3 Å². The topological polar surface area (TPSA) is 38.3 Å². The van der Waals surface area contributed by atoms with Crippen molar-refractivity contribution in [2.45, 2.75) is 19.8 Å². The zero-order chi connectivity index (χ0) is 16.8. The van der Waals surface area contributed by atoms with Gasteiger partial charge < -0.3 is 10.1 Å². The standard InChI is InChI=1S/C17H16Cl2FNO2/c1-2-3-8-23-16-14(18)9-11(10-15(16)19)17(22)21-13-6-4-12(20)5-7-13/h4-7,9-10H,2-3,8H2,1H3,(H,21,22). The fourth-order valence-electron chi connectivity index (χ4n) is 1.88. The van der Waals surface area contributed by atoms with Crippen LogP contribution in [0.25, 0.3) is 0 Å². The zero-order valence-electron chi connectivity index (χ0n) is 12.5. The summed E-state index contributed by atoms with van der Waals surface area (Å²) in [7, 11) is 0. The summed E-state index contributed by atoms with van der Waals surface area (Å²) in [4.78, 5) is 12.2. The van der Waals surface area contributed by atoms with Crippen LogP contribution in [-0.4, -0.2) is 12.5 Å². The molecule has 0 aromatic heterocycles. The Kier molecular flexibility index (Phi) is 6.25. The molecule has 2 rings (SSSR count). The number of nitrogens with one attached hydrogen (secondary N) is 1. The maximum atomic E-state index is 12.9. The number of ether oxygens (including phenoxy) is 1. The first-order valence-corrected chi connectivity index (χ1v) is 7.95. The molecule has 0 fully saturated rings. The lowest BCUT2D eigenvalue weighted by Crippen LogP contribution is -2.12. The molecule has 122 valence electrons. The Morgan fingerprint density at radius 2 is 1.78 bits per heavy atom. The van der Waals surface area contributed by atoms with Gasteiger partial charge in [0.15, 0.2) is 5.75 Å². The predicted octanol–water partition coefficient (Wildman–Crippen LogP) is 5.56. The van der Waals surface area contributed by atoms with Gasteiger partial charge in [-0.2, -0.15) is 0 Å². The van der Waals surface area contributed by atoms with Crippen LogP contribution < -0.4 is 10.1 Å². The number of carbonyl (C=O) groups excluding carboxylic acids is 1. The molecular weight excluding hydrogens is 340 g/mol. The van der Waals surface area contributed by atoms with Crippen LogP contribution in [0.3, 0.4) is 0 Å². The number of rotatable bonds is 6. The molecule has 6 heteroatoms. The Bertz CT molecular complexity index is 666. The number of hydrogen-bond donors (Lipinski definition) is 1. The third kappa shape index (κ3) is 4.85. The molecule has 3 nitrogen and oxygen atoms in total. The van der Waals surface area contributed by atoms with E-state index in [-0.39, 0.29) is 21.8 Å². The van der Waals surface area contributed by atoms with Gasteiger partial charge in [-0.3, -0.25) is 4.79 Å². The highest BCUT2D eigenvalue weighted by Crippen LogP contribution is 2.34. The van der Waals surface area contributed by atoms with Crippen molar-refractivity contribution in [3.63, 3.8) is 0 Å². The lowest BCUT2D eigenvalue weighted by molar-refractivity contribution is 0.102. The van der Waals surface area contributed by atoms with Crippen LogP contribution in [0.15, 0.2) is 36.4 Å². The summed E-state index contributed by atoms with van der Waals surface area (Å²) in [6.45, 7) is 2.56. The van der Waals surface area contributed by atoms with Gasteiger partial charge in [0.05, 0.1) is 16.7 Å². The Morgan fingerprint density at radius 3 is 2.35 bits per heavy atom. The lowest BCUT2D eigenvalue weighted by atomic mass is 10.2. The Balaban J connectivity index is 2.13. The fraction of sp³-hybridized carbons (Fsp3) is 0.235. The number of anilines is 1. The smallest absolute Gasteiger partial charge is 0.255 e. The molecule has 0 radical (unpaired) electrons. The van der Waals surface area contributed by atoms with Crippen molar-refractivity contribution in [1.82, 2.24) is 0 Å². The van der Waals surface area contributed by atoms with Crippen molar-refractivity contribution >= 4 is 34.8 Å². The van der Waals surface area contributed by atoms with E-state index in [1.54, 1.807) is 0 Å². The van der Waals surface area contributed by atoms with Gasteiger partial charge >= 0.3 is 0 Å². The first-order chi connectivity index (χ1) is 11.0. The van der Waals surface area contributed by atoms with Crippen molar-refractivity contribution in [3.8, 4) is 5.75 Å². The molecule has 0 unspecified atom stereocenters. The third-order valence-corrected chi connectivity index (χ3v) is 3.67. The van der Waals surface area contributed by atoms with Gasteiger partial charge in [-0.15, -0.1) is 0 Å². The van der Waals surface area contributed by atoms with Crippen molar-refractivity contribution in [1.29, 1.82) is 0 Å². The normalized spacial score (nSPS) is 10.4. The molecule has 2 aromatic rings. The molecule has 0 saturated carbocycles. The molecule has 0 atom stereocenters. The first kappa shape index (κ1) is 17.6. The van der Waals surface area contributed by atoms with Crippen LogP contribution >= 0.6 is 23.2 Å². The number of carbonyl (C=O) groups is 1. The third-order valence-electron chi connectivity index (χ3n) is 3.11. The Hall–Kier alpha value is -1.78. The van der Waals surface area contributed by atoms with Crippen molar-refractivity contribution < 1.29 is 13.9 Å². The summed E-state index contributed by atoms with van der Waals surface area (Å²) in [6, 6.07) is 8.46. The van der Waals surface area contributed by atoms with Crippen LogP contribution in [0.1, 0.15) is 30.1 Å². The fourth-order valence-corrected chi connectivity index (χ4v) is 2.48. The quantitative estimate of drug-likeness (QED) is 0.688. The van der Waals surface area contributed by atoms with E-state index in [1.165, 1.54) is 36.4 Å². The summed E-state index contributed by atoms with van der Waals surface area (Å²) < 4.78 is 18.4. The second-order valence-electron chi connectivity index (χ2n) is 4.93. The largest absolute Gasteiger partial charge is 0.490 e. The molecular formula is C17H16Cl2FNO2. The van der Waals surface area contributed by atoms with Gasteiger partial charge in [0.1, 0.15) is 5.82 Å². The highest BCUT2D eigenvalue weighted by atomic mass is 35.5. The molecule has 1 amide bonds. The predicted molar refractivity (Wildman–Crippen MR) is 91.2 cm³/mol. The van der Waals surface area contributed by atoms with Gasteiger partial charge in [0.25, 0.3) is 5.91 Å². The molecule has 23 heavy (non-hydrogen) atoms. The van der Waals surface area contributed by atoms with Crippen LogP contribution in [-0.2, 0) is 0 Å². The second-order valence-corrected chi connectivity index (χ2v) is 5.75. The summed E-state index contributed by atoms with van der Waals surface area (Å²) in [5.74, 6) is -0.386. The molecule has 1 N–H and O–H groups in total. The minimum atomic E-state index is -0.388. The molecule has 0 bridgehead atoms. The summed E-state index contributed by atoms with van der Waals surface area (Å²) in [5.41, 5.74) is 0.777. The highest BCUT2D eigenvalue weighted by molar-refractivity contribution is 6.37. The van der Waals surface area contributed by atoms with Crippen molar-refractivity contribution in [3.05, 3.63) is 57.8 Å². The van der Waals surface area contributed by atoms with E-state index in [1.807, 2.05) is 0 Å². The molecule has 0 spiro atoms. The summed E-state index contributed by atoms with van der Waals surface area (Å²) >= 11 is 12.3. The van der Waals surface area contributed by atoms with Crippen LogP contribution in [0, 0.1) is 5.82 Å². The van der Waals surface area contributed by atoms with Crippen LogP contribution in [0.2, 0.25) is 10.0 Å². The minimum absolute atomic E-state index is 0.276. The van der Waals surface area contributed by atoms with E-state index in [0.29, 0.717) is 23.6 Å². The SMILES string of the molecule is CCCCOc1c(Cl)cc(C(=O)Nc2ccc(F)cc2)cc1Cl. The highest BCUT2D eigenvalue weighted by Gasteiger charge is 2.14. The number of benzene rings is 2. The molecule has 0 aliphatic heterocycles. The number of halogens is 3. The maximum absolute atomic E-state index is 12.9. The molecule has 0 aliphatic rings. The number of unbranched alkanes of at least 4 members (excludes halogenated alkanes) is 1. The summed E-state index contributed by atoms with van der Waals surface area (Å²) in [6.07, 6.45) is 1.88. The molecule has 2 aromatic carbocycles. The van der Waals surface area contributed by atoms with Gasteiger partial charge in [-0.25, -0.2) is 4.39 Å². The van der Waals surface area contributed by atoms with Gasteiger partial charge in [0.2, 0.25) is 0 Å². The zero-order valence-corrected chi connectivity index (χ0v) is 14.0. The average molecular weight is 356 g/mol. The monoisotopic (exact) mass is 355 g/mol. The van der Waals surface area contributed by atoms with Crippen LogP contribution in [0.4, 0.5) is 10.1 Å². The first-order valence-electron chi connectivity index (χ1n) is 7.20. The number of amides is 1. The Morgan fingerprint density at radius 1 is 1.17 bits per heavy atom. The minimum Gasteiger partial charge on any atom is -0.490 e. The molecule has 0 aliphatic carbocycles. The Labute approximate surface area is 144 Å². The second kappa shape index (κ2) is 8.18. The molecule has 0 heterocycles. The average Bonchev–Trinajstić information content (AvgIpc) is 2.52. The summed E-state index contributed by atoms with van der Waals surface area (Å²) in [5, 5.41) is 3.20. The van der Waals surface area contributed by atoms with Gasteiger partial charge in [-0.05, 0) is 42.8 Å². The van der Waals surface area contributed by atoms with E-state index in [2.05, 4.69) is 12.2 Å². The van der Waals surface area contributed by atoms with Crippen molar-refractivity contribution in [2.24, 2.45) is 0 Å². The van der Waals surface area contributed by atoms with E-state index in [4.69, 9.17) is 27.9 Å². The van der Waals surface area contributed by atoms with Crippen molar-refractivity contribution in [2.75, 3.05) is 11.9 Å². The van der Waals surface area contributed by atoms with E-state index < -0.39 is 0 Å². The maximum Gasteiger partial charge on any atom is 0.255 e. The van der Waals surface area contributed by atoms with Crippen LogP contribution in [0.5, 0.6) is 5.75 Å². The number of hydrogen-bond acceptors (Lipinski definition) is 2. The van der Waals surface area contributed by atoms with Gasteiger partial charge in [-0.1, -0.05) is 36.5 Å². The lowest BCUT2D eigenvalue weighted by Gasteiger charge is -2.12.